The standard InChI is InChI=1S/C29H40F2N2O4S/c1-5-9-33(10-6-2)29(37)22-13-19(3)12-21(17-22)28(36)32-25(27(35)26(34)8-7-11-38-4)16-20-14-23(30)18-24(31)15-20/h12-15,17-18,25-27,34-35H,5-11,16H2,1-4H3,(H,32,36). The quantitative estimate of drug-likeness (QED) is 0.279. The van der Waals surface area contributed by atoms with Crippen molar-refractivity contribution in [3.05, 3.63) is 70.3 Å². The van der Waals surface area contributed by atoms with Gasteiger partial charge in [-0.15, -0.1) is 0 Å². The number of aryl methyl sites for hydroxylation is 1. The number of aliphatic hydroxyl groups excluding tert-OH is 2. The first-order valence-electron chi connectivity index (χ1n) is 13.1. The van der Waals surface area contributed by atoms with E-state index in [1.54, 1.807) is 35.7 Å². The molecule has 0 saturated carbocycles. The van der Waals surface area contributed by atoms with Gasteiger partial charge >= 0.3 is 0 Å². The zero-order valence-corrected chi connectivity index (χ0v) is 23.5. The molecule has 2 aromatic rings. The SMILES string of the molecule is CCCN(CCC)C(=O)c1cc(C)cc(C(=O)NC(Cc2cc(F)cc(F)c2)C(O)C(O)CCCSC)c1. The van der Waals surface area contributed by atoms with Gasteiger partial charge in [-0.25, -0.2) is 8.78 Å². The van der Waals surface area contributed by atoms with E-state index in [0.717, 1.165) is 42.4 Å². The average Bonchev–Trinajstić information content (AvgIpc) is 2.86. The first-order valence-corrected chi connectivity index (χ1v) is 14.5. The summed E-state index contributed by atoms with van der Waals surface area (Å²) in [5.74, 6) is -1.47. The summed E-state index contributed by atoms with van der Waals surface area (Å²) >= 11 is 1.61. The van der Waals surface area contributed by atoms with Crippen LogP contribution in [0.15, 0.2) is 36.4 Å². The summed E-state index contributed by atoms with van der Waals surface area (Å²) in [5, 5.41) is 24.3. The maximum Gasteiger partial charge on any atom is 0.253 e. The van der Waals surface area contributed by atoms with Crippen LogP contribution < -0.4 is 5.32 Å². The fourth-order valence-electron chi connectivity index (χ4n) is 4.44. The van der Waals surface area contributed by atoms with E-state index in [0.29, 0.717) is 31.5 Å². The van der Waals surface area contributed by atoms with Crippen LogP contribution in [0, 0.1) is 18.6 Å². The molecule has 2 rings (SSSR count). The van der Waals surface area contributed by atoms with Crippen LogP contribution in [0.2, 0.25) is 0 Å². The summed E-state index contributed by atoms with van der Waals surface area (Å²) < 4.78 is 27.7. The maximum atomic E-state index is 13.8. The number of benzene rings is 2. The molecule has 0 aliphatic carbocycles. The second-order valence-corrected chi connectivity index (χ2v) is 10.6. The highest BCUT2D eigenvalue weighted by Gasteiger charge is 2.29. The maximum absolute atomic E-state index is 13.8. The topological polar surface area (TPSA) is 89.9 Å². The monoisotopic (exact) mass is 550 g/mol. The Bertz CT molecular complexity index is 1040. The zero-order chi connectivity index (χ0) is 28.2. The number of carbonyl (C=O) groups excluding carboxylic acids is 2. The molecule has 2 aromatic carbocycles. The van der Waals surface area contributed by atoms with Crippen LogP contribution in [0.4, 0.5) is 8.78 Å². The van der Waals surface area contributed by atoms with Crippen molar-refractivity contribution in [2.75, 3.05) is 25.1 Å². The molecule has 0 fully saturated rings. The Labute approximate surface area is 228 Å². The number of nitrogens with zero attached hydrogens (tertiary/aromatic N) is 1. The third kappa shape index (κ3) is 9.67. The summed E-state index contributed by atoms with van der Waals surface area (Å²) in [5.41, 5.74) is 1.56. The molecule has 210 valence electrons. The molecule has 3 N–H and O–H groups in total. The van der Waals surface area contributed by atoms with Crippen molar-refractivity contribution in [1.82, 2.24) is 10.2 Å². The van der Waals surface area contributed by atoms with Crippen LogP contribution in [-0.4, -0.2) is 70.3 Å². The highest BCUT2D eigenvalue weighted by molar-refractivity contribution is 7.98. The largest absolute Gasteiger partial charge is 0.390 e. The van der Waals surface area contributed by atoms with Gasteiger partial charge in [-0.1, -0.05) is 13.8 Å². The Morgan fingerprint density at radius 3 is 2.16 bits per heavy atom. The molecule has 3 atom stereocenters. The number of halogens is 2. The molecule has 2 amide bonds. The lowest BCUT2D eigenvalue weighted by Crippen LogP contribution is -2.50. The lowest BCUT2D eigenvalue weighted by Gasteiger charge is -2.28. The van der Waals surface area contributed by atoms with E-state index in [-0.39, 0.29) is 23.5 Å². The number of amides is 2. The molecule has 0 radical (unpaired) electrons. The Kier molecular flexibility index (Phi) is 13.2. The van der Waals surface area contributed by atoms with E-state index in [2.05, 4.69) is 5.32 Å². The van der Waals surface area contributed by atoms with Gasteiger partial charge in [0, 0.05) is 30.3 Å². The Balaban J connectivity index is 2.33. The number of carbonyl (C=O) groups is 2. The van der Waals surface area contributed by atoms with E-state index in [1.165, 1.54) is 6.07 Å². The normalized spacial score (nSPS) is 13.6. The van der Waals surface area contributed by atoms with E-state index in [9.17, 15) is 28.6 Å². The van der Waals surface area contributed by atoms with E-state index in [1.807, 2.05) is 20.1 Å². The van der Waals surface area contributed by atoms with Crippen LogP contribution >= 0.6 is 11.8 Å². The third-order valence-electron chi connectivity index (χ3n) is 6.21. The Morgan fingerprint density at radius 2 is 1.58 bits per heavy atom. The minimum Gasteiger partial charge on any atom is -0.390 e. The average molecular weight is 551 g/mol. The van der Waals surface area contributed by atoms with Crippen LogP contribution in [0.1, 0.15) is 71.4 Å². The smallest absolute Gasteiger partial charge is 0.253 e. The fourth-order valence-corrected chi connectivity index (χ4v) is 4.90. The highest BCUT2D eigenvalue weighted by Crippen LogP contribution is 2.18. The minimum absolute atomic E-state index is 0.0977. The van der Waals surface area contributed by atoms with Crippen molar-refractivity contribution in [3.63, 3.8) is 0 Å². The highest BCUT2D eigenvalue weighted by atomic mass is 32.2. The molecule has 0 aliphatic rings. The molecule has 0 heterocycles. The predicted molar refractivity (Wildman–Crippen MR) is 149 cm³/mol. The van der Waals surface area contributed by atoms with Crippen molar-refractivity contribution < 1.29 is 28.6 Å². The second kappa shape index (κ2) is 15.8. The van der Waals surface area contributed by atoms with Gasteiger partial charge in [-0.2, -0.15) is 11.8 Å². The molecule has 0 spiro atoms. The van der Waals surface area contributed by atoms with Gasteiger partial charge in [0.05, 0.1) is 12.1 Å². The van der Waals surface area contributed by atoms with Gasteiger partial charge in [0.15, 0.2) is 0 Å². The van der Waals surface area contributed by atoms with E-state index in [4.69, 9.17) is 0 Å². The molecule has 0 bridgehead atoms. The first kappa shape index (κ1) is 31.7. The fraction of sp³-hybridized carbons (Fsp3) is 0.517. The number of aliphatic hydroxyl groups is 2. The van der Waals surface area contributed by atoms with Gasteiger partial charge in [0.2, 0.25) is 0 Å². The first-order chi connectivity index (χ1) is 18.1. The van der Waals surface area contributed by atoms with Gasteiger partial charge < -0.3 is 20.4 Å². The summed E-state index contributed by atoms with van der Waals surface area (Å²) in [6.45, 7) is 6.99. The molecule has 0 aliphatic heterocycles. The minimum atomic E-state index is -1.37. The summed E-state index contributed by atoms with van der Waals surface area (Å²) in [4.78, 5) is 28.2. The van der Waals surface area contributed by atoms with Gasteiger partial charge in [-0.3, -0.25) is 9.59 Å². The second-order valence-electron chi connectivity index (χ2n) is 9.63. The van der Waals surface area contributed by atoms with Gasteiger partial charge in [0.1, 0.15) is 17.7 Å². The summed E-state index contributed by atoms with van der Waals surface area (Å²) in [7, 11) is 0. The van der Waals surface area contributed by atoms with Crippen LogP contribution in [0.25, 0.3) is 0 Å². The van der Waals surface area contributed by atoms with E-state index >= 15 is 0 Å². The molecule has 9 heteroatoms. The Hall–Kier alpha value is -2.49. The molecular weight excluding hydrogens is 510 g/mol. The van der Waals surface area contributed by atoms with Crippen molar-refractivity contribution in [1.29, 1.82) is 0 Å². The zero-order valence-electron chi connectivity index (χ0n) is 22.7. The van der Waals surface area contributed by atoms with Crippen LogP contribution in [-0.2, 0) is 6.42 Å². The van der Waals surface area contributed by atoms with Gasteiger partial charge in [-0.05, 0) is 92.5 Å². The molecule has 6 nitrogen and oxygen atoms in total. The number of hydrogen-bond donors (Lipinski definition) is 3. The Morgan fingerprint density at radius 1 is 0.974 bits per heavy atom. The number of rotatable bonds is 15. The molecule has 0 aromatic heterocycles. The number of hydrogen-bond acceptors (Lipinski definition) is 5. The number of nitrogens with one attached hydrogen (secondary N) is 1. The summed E-state index contributed by atoms with van der Waals surface area (Å²) in [6, 6.07) is 6.87. The molecule has 0 saturated heterocycles. The molecule has 38 heavy (non-hydrogen) atoms. The van der Waals surface area contributed by atoms with Gasteiger partial charge in [0.25, 0.3) is 11.8 Å². The molecule has 3 unspecified atom stereocenters. The van der Waals surface area contributed by atoms with Crippen LogP contribution in [0.5, 0.6) is 0 Å². The lowest BCUT2D eigenvalue weighted by molar-refractivity contribution is -0.00732. The van der Waals surface area contributed by atoms with Crippen molar-refractivity contribution in [2.45, 2.75) is 71.1 Å². The van der Waals surface area contributed by atoms with Crippen molar-refractivity contribution in [2.24, 2.45) is 0 Å². The van der Waals surface area contributed by atoms with Crippen LogP contribution in [0.3, 0.4) is 0 Å². The molecular formula is C29H40F2N2O4S. The van der Waals surface area contributed by atoms with E-state index < -0.39 is 35.8 Å². The van der Waals surface area contributed by atoms with Crippen molar-refractivity contribution >= 4 is 23.6 Å². The van der Waals surface area contributed by atoms with Crippen molar-refractivity contribution in [3.8, 4) is 0 Å². The predicted octanol–water partition coefficient (Wildman–Crippen LogP) is 4.74. The number of thioether (sulfide) groups is 1. The lowest BCUT2D eigenvalue weighted by atomic mass is 9.95. The summed E-state index contributed by atoms with van der Waals surface area (Å²) in [6.07, 6.45) is 1.91. The third-order valence-corrected chi connectivity index (χ3v) is 6.91.